The summed E-state index contributed by atoms with van der Waals surface area (Å²) in [5.41, 5.74) is 3.45. The Kier molecular flexibility index (Phi) is 2.47. The number of thiazole rings is 1. The highest BCUT2D eigenvalue weighted by Gasteiger charge is 2.16. The van der Waals surface area contributed by atoms with Crippen LogP contribution in [-0.4, -0.2) is 21.0 Å². The molecule has 15 heavy (non-hydrogen) atoms. The molecule has 0 spiro atoms. The molecule has 2 heterocycles. The van der Waals surface area contributed by atoms with Gasteiger partial charge in [0.15, 0.2) is 5.69 Å². The summed E-state index contributed by atoms with van der Waals surface area (Å²) < 4.78 is 0. The number of pyridine rings is 1. The number of hydrogen-bond donors (Lipinski definition) is 1. The van der Waals surface area contributed by atoms with Gasteiger partial charge >= 0.3 is 5.97 Å². The quantitative estimate of drug-likeness (QED) is 0.842. The van der Waals surface area contributed by atoms with Crippen LogP contribution in [0.4, 0.5) is 0 Å². The number of carboxylic acid groups (broad SMARTS) is 1. The van der Waals surface area contributed by atoms with E-state index in [0.717, 1.165) is 11.1 Å². The number of rotatable bonds is 2. The minimum Gasteiger partial charge on any atom is -0.476 e. The molecule has 2 aromatic heterocycles. The van der Waals surface area contributed by atoms with Crippen molar-refractivity contribution in [2.24, 2.45) is 0 Å². The molecule has 0 amide bonds. The lowest BCUT2D eigenvalue weighted by Gasteiger charge is -2.01. The van der Waals surface area contributed by atoms with Crippen LogP contribution in [0.5, 0.6) is 0 Å². The Balaban J connectivity index is 2.59. The first kappa shape index (κ1) is 9.79. The van der Waals surface area contributed by atoms with Gasteiger partial charge in [0, 0.05) is 18.0 Å². The van der Waals surface area contributed by atoms with Crippen molar-refractivity contribution in [3.8, 4) is 10.4 Å². The maximum atomic E-state index is 10.9. The fraction of sp³-hybridized carbons (Fsp3) is 0.100. The van der Waals surface area contributed by atoms with Crippen molar-refractivity contribution in [1.82, 2.24) is 9.97 Å². The van der Waals surface area contributed by atoms with Crippen LogP contribution < -0.4 is 0 Å². The van der Waals surface area contributed by atoms with Crippen LogP contribution in [0.25, 0.3) is 10.4 Å². The Morgan fingerprint density at radius 2 is 2.33 bits per heavy atom. The molecule has 0 saturated heterocycles. The molecule has 5 heteroatoms. The molecule has 1 N–H and O–H groups in total. The first-order valence-electron chi connectivity index (χ1n) is 4.28. The Morgan fingerprint density at radius 3 is 3.00 bits per heavy atom. The fourth-order valence-corrected chi connectivity index (χ4v) is 2.15. The summed E-state index contributed by atoms with van der Waals surface area (Å²) >= 11 is 1.31. The highest BCUT2D eigenvalue weighted by molar-refractivity contribution is 7.13. The largest absolute Gasteiger partial charge is 0.476 e. The van der Waals surface area contributed by atoms with Gasteiger partial charge in [0.1, 0.15) is 0 Å². The van der Waals surface area contributed by atoms with E-state index >= 15 is 0 Å². The van der Waals surface area contributed by atoms with E-state index in [2.05, 4.69) is 9.97 Å². The second-order valence-electron chi connectivity index (χ2n) is 3.03. The van der Waals surface area contributed by atoms with E-state index in [4.69, 9.17) is 5.11 Å². The van der Waals surface area contributed by atoms with E-state index in [0.29, 0.717) is 4.88 Å². The van der Waals surface area contributed by atoms with Crippen LogP contribution in [0.1, 0.15) is 16.1 Å². The van der Waals surface area contributed by atoms with Gasteiger partial charge in [-0.05, 0) is 18.6 Å². The number of aryl methyl sites for hydroxylation is 1. The average Bonchev–Trinajstić information content (AvgIpc) is 2.67. The third-order valence-corrected chi connectivity index (χ3v) is 2.91. The SMILES string of the molecule is Cc1ccncc1-c1scnc1C(=O)O. The molecule has 0 aliphatic rings. The first-order chi connectivity index (χ1) is 7.20. The minimum atomic E-state index is -1.01. The second-order valence-corrected chi connectivity index (χ2v) is 3.88. The van der Waals surface area contributed by atoms with Gasteiger partial charge in [-0.1, -0.05) is 0 Å². The first-order valence-corrected chi connectivity index (χ1v) is 5.16. The normalized spacial score (nSPS) is 10.2. The molecule has 0 fully saturated rings. The molecule has 0 atom stereocenters. The molecule has 0 aliphatic carbocycles. The topological polar surface area (TPSA) is 63.1 Å². The summed E-state index contributed by atoms with van der Waals surface area (Å²) in [6.45, 7) is 1.92. The van der Waals surface area contributed by atoms with Gasteiger partial charge in [-0.25, -0.2) is 9.78 Å². The second kappa shape index (κ2) is 3.78. The van der Waals surface area contributed by atoms with E-state index in [1.807, 2.05) is 13.0 Å². The molecule has 0 unspecified atom stereocenters. The van der Waals surface area contributed by atoms with E-state index < -0.39 is 5.97 Å². The van der Waals surface area contributed by atoms with Crippen LogP contribution >= 0.6 is 11.3 Å². The molecule has 0 radical (unpaired) electrons. The van der Waals surface area contributed by atoms with E-state index in [1.54, 1.807) is 12.4 Å². The summed E-state index contributed by atoms with van der Waals surface area (Å²) in [6, 6.07) is 1.85. The van der Waals surface area contributed by atoms with Crippen molar-refractivity contribution in [3.05, 3.63) is 35.2 Å². The summed E-state index contributed by atoms with van der Waals surface area (Å²) in [5, 5.41) is 8.93. The molecule has 2 rings (SSSR count). The Morgan fingerprint density at radius 1 is 1.53 bits per heavy atom. The summed E-state index contributed by atoms with van der Waals surface area (Å²) in [7, 11) is 0. The maximum Gasteiger partial charge on any atom is 0.356 e. The molecule has 2 aromatic rings. The molecule has 0 bridgehead atoms. The van der Waals surface area contributed by atoms with Crippen molar-refractivity contribution in [2.45, 2.75) is 6.92 Å². The molecule has 0 saturated carbocycles. The van der Waals surface area contributed by atoms with E-state index in [1.165, 1.54) is 16.8 Å². The predicted molar refractivity (Wildman–Crippen MR) is 57.0 cm³/mol. The van der Waals surface area contributed by atoms with Gasteiger partial charge in [-0.15, -0.1) is 11.3 Å². The molecule has 0 aliphatic heterocycles. The van der Waals surface area contributed by atoms with Crippen LogP contribution in [0.15, 0.2) is 24.0 Å². The number of hydrogen-bond acceptors (Lipinski definition) is 4. The zero-order valence-electron chi connectivity index (χ0n) is 7.97. The van der Waals surface area contributed by atoms with E-state index in [9.17, 15) is 4.79 Å². The molecular weight excluding hydrogens is 212 g/mol. The third kappa shape index (κ3) is 1.73. The van der Waals surface area contributed by atoms with Crippen LogP contribution in [0.3, 0.4) is 0 Å². The van der Waals surface area contributed by atoms with Crippen molar-refractivity contribution in [1.29, 1.82) is 0 Å². The van der Waals surface area contributed by atoms with Crippen LogP contribution in [0.2, 0.25) is 0 Å². The Bertz CT molecular complexity index is 508. The lowest BCUT2D eigenvalue weighted by Crippen LogP contribution is -1.99. The lowest BCUT2D eigenvalue weighted by atomic mass is 10.1. The number of aromatic nitrogens is 2. The monoisotopic (exact) mass is 220 g/mol. The highest BCUT2D eigenvalue weighted by Crippen LogP contribution is 2.29. The summed E-state index contributed by atoms with van der Waals surface area (Å²) in [5.74, 6) is -1.01. The zero-order valence-corrected chi connectivity index (χ0v) is 8.78. The molecule has 0 aromatic carbocycles. The molecule has 4 nitrogen and oxygen atoms in total. The average molecular weight is 220 g/mol. The Labute approximate surface area is 90.3 Å². The van der Waals surface area contributed by atoms with Gasteiger partial charge < -0.3 is 5.11 Å². The molecular formula is C10H8N2O2S. The van der Waals surface area contributed by atoms with Crippen LogP contribution in [0, 0.1) is 6.92 Å². The highest BCUT2D eigenvalue weighted by atomic mass is 32.1. The maximum absolute atomic E-state index is 10.9. The smallest absolute Gasteiger partial charge is 0.356 e. The van der Waals surface area contributed by atoms with Gasteiger partial charge in [-0.2, -0.15) is 0 Å². The zero-order chi connectivity index (χ0) is 10.8. The Hall–Kier alpha value is -1.75. The number of carbonyl (C=O) groups is 1. The molecule has 76 valence electrons. The number of nitrogens with zero attached hydrogens (tertiary/aromatic N) is 2. The van der Waals surface area contributed by atoms with Crippen molar-refractivity contribution in [3.63, 3.8) is 0 Å². The summed E-state index contributed by atoms with van der Waals surface area (Å²) in [6.07, 6.45) is 3.34. The summed E-state index contributed by atoms with van der Waals surface area (Å²) in [4.78, 5) is 19.4. The van der Waals surface area contributed by atoms with Gasteiger partial charge in [0.25, 0.3) is 0 Å². The number of carboxylic acids is 1. The van der Waals surface area contributed by atoms with Gasteiger partial charge in [0.05, 0.1) is 10.4 Å². The van der Waals surface area contributed by atoms with Crippen molar-refractivity contribution in [2.75, 3.05) is 0 Å². The van der Waals surface area contributed by atoms with Crippen LogP contribution in [-0.2, 0) is 0 Å². The minimum absolute atomic E-state index is 0.0936. The van der Waals surface area contributed by atoms with Gasteiger partial charge in [0.2, 0.25) is 0 Å². The third-order valence-electron chi connectivity index (χ3n) is 2.05. The lowest BCUT2D eigenvalue weighted by molar-refractivity contribution is 0.0692. The predicted octanol–water partition coefficient (Wildman–Crippen LogP) is 2.21. The van der Waals surface area contributed by atoms with Gasteiger partial charge in [-0.3, -0.25) is 4.98 Å². The standard InChI is InChI=1S/C10H8N2O2S/c1-6-2-3-11-4-7(6)9-8(10(13)14)12-5-15-9/h2-5H,1H3,(H,13,14). The fourth-order valence-electron chi connectivity index (χ4n) is 1.29. The van der Waals surface area contributed by atoms with Crippen molar-refractivity contribution >= 4 is 17.3 Å². The number of aromatic carboxylic acids is 1. The van der Waals surface area contributed by atoms with Crippen molar-refractivity contribution < 1.29 is 9.90 Å². The van der Waals surface area contributed by atoms with E-state index in [-0.39, 0.29) is 5.69 Å².